The second-order valence-corrected chi connectivity index (χ2v) is 7.40. The molecule has 3 aromatic rings. The standard InChI is InChI=1S/C21H16FNO3S/c22-14-9-7-13(8-10-14)12-23-19(17-6-3-11-27-17)18(21(25)26)15-4-1-2-5-16(15)20(23)24/h1-11,18-19H,12H2,(H,25,26)/t18-,19-/m0/s1. The van der Waals surface area contributed by atoms with E-state index < -0.39 is 17.9 Å². The van der Waals surface area contributed by atoms with Gasteiger partial charge in [-0.1, -0.05) is 36.4 Å². The molecule has 6 heteroatoms. The molecule has 2 heterocycles. The van der Waals surface area contributed by atoms with Crippen molar-refractivity contribution in [2.75, 3.05) is 0 Å². The maximum atomic E-state index is 13.3. The topological polar surface area (TPSA) is 57.6 Å². The van der Waals surface area contributed by atoms with Crippen molar-refractivity contribution in [3.8, 4) is 0 Å². The molecular formula is C21H16FNO3S. The molecule has 2 aromatic carbocycles. The highest BCUT2D eigenvalue weighted by Gasteiger charge is 2.44. The number of halogens is 1. The lowest BCUT2D eigenvalue weighted by molar-refractivity contribution is -0.140. The van der Waals surface area contributed by atoms with Gasteiger partial charge in [-0.15, -0.1) is 11.3 Å². The normalized spacial score (nSPS) is 19.0. The molecule has 1 amide bonds. The number of fused-ring (bicyclic) bond motifs is 1. The van der Waals surface area contributed by atoms with Crippen LogP contribution >= 0.6 is 11.3 Å². The van der Waals surface area contributed by atoms with Crippen LogP contribution in [-0.2, 0) is 11.3 Å². The average Bonchev–Trinajstić information content (AvgIpc) is 3.19. The van der Waals surface area contributed by atoms with Crippen LogP contribution in [0, 0.1) is 5.82 Å². The molecule has 0 aliphatic carbocycles. The van der Waals surface area contributed by atoms with Crippen LogP contribution in [0.4, 0.5) is 4.39 Å². The predicted molar refractivity (Wildman–Crippen MR) is 100 cm³/mol. The molecule has 0 fully saturated rings. The number of hydrogen-bond acceptors (Lipinski definition) is 3. The molecular weight excluding hydrogens is 365 g/mol. The second kappa shape index (κ2) is 6.96. The summed E-state index contributed by atoms with van der Waals surface area (Å²) in [5.74, 6) is -2.41. The molecule has 136 valence electrons. The minimum absolute atomic E-state index is 0.208. The Labute approximate surface area is 159 Å². The largest absolute Gasteiger partial charge is 0.481 e. The van der Waals surface area contributed by atoms with Crippen LogP contribution in [0.5, 0.6) is 0 Å². The van der Waals surface area contributed by atoms with Crippen molar-refractivity contribution < 1.29 is 19.1 Å². The summed E-state index contributed by atoms with van der Waals surface area (Å²) >= 11 is 1.43. The van der Waals surface area contributed by atoms with Gasteiger partial charge in [0.2, 0.25) is 0 Å². The first-order valence-corrected chi connectivity index (χ1v) is 9.35. The number of aliphatic carboxylic acids is 1. The fraction of sp³-hybridized carbons (Fsp3) is 0.143. The maximum Gasteiger partial charge on any atom is 0.313 e. The molecule has 1 aromatic heterocycles. The summed E-state index contributed by atoms with van der Waals surface area (Å²) in [6.07, 6.45) is 0. The summed E-state index contributed by atoms with van der Waals surface area (Å²) < 4.78 is 13.3. The number of thiophene rings is 1. The van der Waals surface area contributed by atoms with E-state index in [9.17, 15) is 19.1 Å². The lowest BCUT2D eigenvalue weighted by Gasteiger charge is -2.40. The van der Waals surface area contributed by atoms with Gasteiger partial charge in [0.05, 0.1) is 6.04 Å². The average molecular weight is 381 g/mol. The number of rotatable bonds is 4. The van der Waals surface area contributed by atoms with Gasteiger partial charge in [0.1, 0.15) is 11.7 Å². The van der Waals surface area contributed by atoms with Crippen molar-refractivity contribution in [1.82, 2.24) is 4.90 Å². The van der Waals surface area contributed by atoms with E-state index in [1.807, 2.05) is 17.5 Å². The molecule has 4 rings (SSSR count). The number of carbonyl (C=O) groups excluding carboxylic acids is 1. The minimum Gasteiger partial charge on any atom is -0.481 e. The Kier molecular flexibility index (Phi) is 4.49. The Morgan fingerprint density at radius 1 is 1.07 bits per heavy atom. The molecule has 0 radical (unpaired) electrons. The van der Waals surface area contributed by atoms with Gasteiger partial charge in [-0.05, 0) is 40.8 Å². The number of carboxylic acid groups (broad SMARTS) is 1. The molecule has 1 aliphatic heterocycles. The van der Waals surface area contributed by atoms with E-state index in [-0.39, 0.29) is 18.3 Å². The zero-order valence-electron chi connectivity index (χ0n) is 14.2. The van der Waals surface area contributed by atoms with Gasteiger partial charge in [0.15, 0.2) is 0 Å². The van der Waals surface area contributed by atoms with Gasteiger partial charge in [0, 0.05) is 17.0 Å². The maximum absolute atomic E-state index is 13.3. The highest BCUT2D eigenvalue weighted by molar-refractivity contribution is 7.10. The first-order valence-electron chi connectivity index (χ1n) is 8.47. The summed E-state index contributed by atoms with van der Waals surface area (Å²) in [6, 6.07) is 15.9. The van der Waals surface area contributed by atoms with Crippen LogP contribution in [0.15, 0.2) is 66.0 Å². The highest BCUT2D eigenvalue weighted by Crippen LogP contribution is 2.44. The van der Waals surface area contributed by atoms with Gasteiger partial charge in [0.25, 0.3) is 5.91 Å². The van der Waals surface area contributed by atoms with Gasteiger partial charge >= 0.3 is 5.97 Å². The van der Waals surface area contributed by atoms with Gasteiger partial charge in [-0.25, -0.2) is 4.39 Å². The van der Waals surface area contributed by atoms with Crippen molar-refractivity contribution in [2.24, 2.45) is 0 Å². The van der Waals surface area contributed by atoms with E-state index in [2.05, 4.69) is 0 Å². The fourth-order valence-electron chi connectivity index (χ4n) is 3.60. The number of carboxylic acids is 1. The predicted octanol–water partition coefficient (Wildman–Crippen LogP) is 4.45. The number of carbonyl (C=O) groups is 2. The quantitative estimate of drug-likeness (QED) is 0.726. The summed E-state index contributed by atoms with van der Waals surface area (Å²) in [6.45, 7) is 0.208. The van der Waals surface area contributed by atoms with E-state index in [4.69, 9.17) is 0 Å². The SMILES string of the molecule is O=C(O)[C@H]1c2ccccc2C(=O)N(Cc2ccc(F)cc2)[C@H]1c1cccs1. The molecule has 4 nitrogen and oxygen atoms in total. The Balaban J connectivity index is 1.85. The molecule has 2 atom stereocenters. The third-order valence-corrected chi connectivity index (χ3v) is 5.75. The summed E-state index contributed by atoms with van der Waals surface area (Å²) in [4.78, 5) is 27.8. The second-order valence-electron chi connectivity index (χ2n) is 6.42. The van der Waals surface area contributed by atoms with E-state index in [0.29, 0.717) is 11.1 Å². The first-order chi connectivity index (χ1) is 13.1. The van der Waals surface area contributed by atoms with Crippen LogP contribution in [0.3, 0.4) is 0 Å². The lowest BCUT2D eigenvalue weighted by Crippen LogP contribution is -2.44. The van der Waals surface area contributed by atoms with E-state index in [1.165, 1.54) is 23.5 Å². The van der Waals surface area contributed by atoms with Gasteiger partial charge in [-0.3, -0.25) is 9.59 Å². The molecule has 1 aliphatic rings. The summed E-state index contributed by atoms with van der Waals surface area (Å²) in [5, 5.41) is 11.8. The molecule has 0 bridgehead atoms. The van der Waals surface area contributed by atoms with Crippen LogP contribution < -0.4 is 0 Å². The third kappa shape index (κ3) is 3.13. The monoisotopic (exact) mass is 381 g/mol. The molecule has 0 spiro atoms. The zero-order chi connectivity index (χ0) is 19.0. The van der Waals surface area contributed by atoms with Crippen LogP contribution in [0.1, 0.15) is 38.3 Å². The molecule has 0 unspecified atom stereocenters. The number of nitrogens with zero attached hydrogens (tertiary/aromatic N) is 1. The molecule has 27 heavy (non-hydrogen) atoms. The number of hydrogen-bond donors (Lipinski definition) is 1. The van der Waals surface area contributed by atoms with Crippen LogP contribution in [0.2, 0.25) is 0 Å². The number of benzene rings is 2. The van der Waals surface area contributed by atoms with Crippen molar-refractivity contribution >= 4 is 23.2 Å². The van der Waals surface area contributed by atoms with Crippen molar-refractivity contribution in [1.29, 1.82) is 0 Å². The fourth-order valence-corrected chi connectivity index (χ4v) is 4.47. The Bertz CT molecular complexity index is 985. The molecule has 1 N–H and O–H groups in total. The zero-order valence-corrected chi connectivity index (χ0v) is 15.0. The Hall–Kier alpha value is -2.99. The van der Waals surface area contributed by atoms with E-state index >= 15 is 0 Å². The van der Waals surface area contributed by atoms with E-state index in [1.54, 1.807) is 41.3 Å². The van der Waals surface area contributed by atoms with Crippen molar-refractivity contribution in [3.63, 3.8) is 0 Å². The molecule has 0 saturated carbocycles. The highest BCUT2D eigenvalue weighted by atomic mass is 32.1. The summed E-state index contributed by atoms with van der Waals surface area (Å²) in [7, 11) is 0. The Morgan fingerprint density at radius 3 is 2.48 bits per heavy atom. The van der Waals surface area contributed by atoms with Gasteiger partial charge < -0.3 is 10.0 Å². The minimum atomic E-state index is -0.975. The lowest BCUT2D eigenvalue weighted by atomic mass is 9.82. The van der Waals surface area contributed by atoms with Crippen molar-refractivity contribution in [2.45, 2.75) is 18.5 Å². The van der Waals surface area contributed by atoms with Crippen LogP contribution in [0.25, 0.3) is 0 Å². The van der Waals surface area contributed by atoms with E-state index in [0.717, 1.165) is 10.4 Å². The number of amides is 1. The Morgan fingerprint density at radius 2 is 1.81 bits per heavy atom. The molecule has 0 saturated heterocycles. The third-order valence-electron chi connectivity index (χ3n) is 4.81. The summed E-state index contributed by atoms with van der Waals surface area (Å²) in [5.41, 5.74) is 1.68. The smallest absolute Gasteiger partial charge is 0.313 e. The van der Waals surface area contributed by atoms with Crippen molar-refractivity contribution in [3.05, 3.63) is 93.4 Å². The first kappa shape index (κ1) is 17.4. The van der Waals surface area contributed by atoms with Gasteiger partial charge in [-0.2, -0.15) is 0 Å². The van der Waals surface area contributed by atoms with Crippen LogP contribution in [-0.4, -0.2) is 21.9 Å².